The van der Waals surface area contributed by atoms with Crippen molar-refractivity contribution in [1.29, 1.82) is 0 Å². The van der Waals surface area contributed by atoms with Gasteiger partial charge in [-0.1, -0.05) is 31.7 Å². The van der Waals surface area contributed by atoms with E-state index in [1.165, 1.54) is 31.4 Å². The summed E-state index contributed by atoms with van der Waals surface area (Å²) in [5.74, 6) is -2.03. The number of primary amides is 1. The molecule has 2 aliphatic carbocycles. The molecule has 5 N–H and O–H groups in total. The normalized spacial score (nSPS) is 16.7. The van der Waals surface area contributed by atoms with Crippen molar-refractivity contribution in [2.75, 3.05) is 19.8 Å². The van der Waals surface area contributed by atoms with Gasteiger partial charge in [0.1, 0.15) is 23.0 Å². The fourth-order valence-electron chi connectivity index (χ4n) is 6.75. The molecule has 4 rings (SSSR count). The summed E-state index contributed by atoms with van der Waals surface area (Å²) >= 11 is 0. The minimum atomic E-state index is -1.22. The lowest BCUT2D eigenvalue weighted by Crippen LogP contribution is -2.50. The second-order valence-corrected chi connectivity index (χ2v) is 16.3. The second kappa shape index (κ2) is 19.0. The minimum Gasteiger partial charge on any atom is -0.492 e. The number of carbonyl (C=O) groups excluding carboxylic acids is 4. The molecular formula is C41H57N3O11. The lowest BCUT2D eigenvalue weighted by atomic mass is 9.90. The minimum absolute atomic E-state index is 0.0409. The number of carboxylic acids is 1. The van der Waals surface area contributed by atoms with Crippen molar-refractivity contribution in [2.45, 2.75) is 129 Å². The lowest BCUT2D eigenvalue weighted by Gasteiger charge is -2.27. The predicted molar refractivity (Wildman–Crippen MR) is 203 cm³/mol. The first kappa shape index (κ1) is 42.7. The van der Waals surface area contributed by atoms with E-state index >= 15 is 0 Å². The molecule has 302 valence electrons. The lowest BCUT2D eigenvalue weighted by molar-refractivity contribution is -0.157. The van der Waals surface area contributed by atoms with Crippen molar-refractivity contribution < 1.29 is 52.8 Å². The van der Waals surface area contributed by atoms with E-state index in [1.807, 2.05) is 6.07 Å². The number of hydrogen-bond acceptors (Lipinski definition) is 10. The summed E-state index contributed by atoms with van der Waals surface area (Å²) in [6.07, 6.45) is 7.84. The zero-order valence-electron chi connectivity index (χ0n) is 32.9. The number of alkyl carbamates (subject to hydrolysis) is 1. The van der Waals surface area contributed by atoms with Crippen LogP contribution >= 0.6 is 0 Å². The van der Waals surface area contributed by atoms with Crippen molar-refractivity contribution in [3.05, 3.63) is 52.6 Å². The van der Waals surface area contributed by atoms with Gasteiger partial charge in [-0.3, -0.25) is 9.59 Å². The molecule has 0 saturated heterocycles. The van der Waals surface area contributed by atoms with Gasteiger partial charge in [0.2, 0.25) is 5.91 Å². The maximum Gasteiger partial charge on any atom is 0.408 e. The number of carboxylic acid groups (broad SMARTS) is 1. The van der Waals surface area contributed by atoms with Gasteiger partial charge in [-0.05, 0) is 121 Å². The molecule has 0 radical (unpaired) electrons. The molecule has 3 amide bonds. The van der Waals surface area contributed by atoms with Crippen molar-refractivity contribution in [2.24, 2.45) is 11.7 Å². The quantitative estimate of drug-likeness (QED) is 0.123. The summed E-state index contributed by atoms with van der Waals surface area (Å²) < 4.78 is 28.2. The highest BCUT2D eigenvalue weighted by molar-refractivity contribution is 5.96. The molecule has 2 aromatic rings. The van der Waals surface area contributed by atoms with Crippen LogP contribution in [0.2, 0.25) is 0 Å². The zero-order valence-corrected chi connectivity index (χ0v) is 32.9. The van der Waals surface area contributed by atoms with Crippen molar-refractivity contribution >= 4 is 29.8 Å². The number of esters is 1. The topological polar surface area (TPSA) is 202 Å². The number of nitrogens with one attached hydrogen (secondary N) is 2. The van der Waals surface area contributed by atoms with Gasteiger partial charge in [-0.25, -0.2) is 14.4 Å². The molecule has 1 saturated carbocycles. The molecule has 0 bridgehead atoms. The summed E-state index contributed by atoms with van der Waals surface area (Å²) in [5.41, 5.74) is 6.71. The average Bonchev–Trinajstić information content (AvgIpc) is 3.28. The van der Waals surface area contributed by atoms with E-state index < -0.39 is 66.3 Å². The maximum absolute atomic E-state index is 14.2. The van der Waals surface area contributed by atoms with Gasteiger partial charge in [0, 0.05) is 6.42 Å². The molecule has 0 aromatic heterocycles. The smallest absolute Gasteiger partial charge is 0.408 e. The van der Waals surface area contributed by atoms with Crippen LogP contribution in [0.25, 0.3) is 0 Å². The zero-order chi connectivity index (χ0) is 40.3. The second-order valence-electron chi connectivity index (χ2n) is 16.3. The first-order valence-electron chi connectivity index (χ1n) is 19.1. The number of rotatable bonds is 15. The molecule has 14 nitrogen and oxygen atoms in total. The number of benzene rings is 2. The summed E-state index contributed by atoms with van der Waals surface area (Å²) in [6, 6.07) is 6.53. The van der Waals surface area contributed by atoms with Gasteiger partial charge < -0.3 is 45.2 Å². The Morgan fingerprint density at radius 3 is 2.13 bits per heavy atom. The molecule has 0 unspecified atom stereocenters. The van der Waals surface area contributed by atoms with E-state index in [1.54, 1.807) is 53.7 Å². The summed E-state index contributed by atoms with van der Waals surface area (Å²) in [5, 5.41) is 15.0. The van der Waals surface area contributed by atoms with Crippen LogP contribution in [0.5, 0.6) is 17.2 Å². The number of carbonyl (C=O) groups is 5. The Balaban J connectivity index is 1.61. The van der Waals surface area contributed by atoms with Gasteiger partial charge in [0.05, 0.1) is 18.2 Å². The number of fused-ring (bicyclic) bond motifs is 1. The molecule has 2 aromatic carbocycles. The third kappa shape index (κ3) is 14.0. The number of hydrogen-bond donors (Lipinski definition) is 4. The molecule has 1 fully saturated rings. The highest BCUT2D eigenvalue weighted by Gasteiger charge is 2.30. The SMILES string of the molecule is CC(C)(C)OC(=O)COc1cc(C[C@H](NC(=O)OC(C)(C)C)C(=O)N[C@H]2CCCCc3cc(OCC4CCCCC4)c(C(N)=O)cc32)ccc1OCC(=O)O. The third-order valence-corrected chi connectivity index (χ3v) is 9.16. The Bertz CT molecular complexity index is 1690. The van der Waals surface area contributed by atoms with Gasteiger partial charge in [-0.2, -0.15) is 0 Å². The largest absolute Gasteiger partial charge is 0.492 e. The fourth-order valence-corrected chi connectivity index (χ4v) is 6.75. The number of nitrogens with two attached hydrogens (primary N) is 1. The molecule has 55 heavy (non-hydrogen) atoms. The van der Waals surface area contributed by atoms with Crippen LogP contribution in [-0.4, -0.2) is 72.0 Å². The Labute approximate surface area is 323 Å². The van der Waals surface area contributed by atoms with Gasteiger partial charge in [0.15, 0.2) is 24.7 Å². The monoisotopic (exact) mass is 767 g/mol. The average molecular weight is 768 g/mol. The molecular weight excluding hydrogens is 710 g/mol. The number of aliphatic carboxylic acids is 1. The number of amides is 3. The van der Waals surface area contributed by atoms with Crippen LogP contribution in [-0.2, 0) is 36.7 Å². The highest BCUT2D eigenvalue weighted by atomic mass is 16.6. The molecule has 0 spiro atoms. The predicted octanol–water partition coefficient (Wildman–Crippen LogP) is 5.95. The highest BCUT2D eigenvalue weighted by Crippen LogP contribution is 2.35. The third-order valence-electron chi connectivity index (χ3n) is 9.16. The number of aryl methyl sites for hydroxylation is 1. The Morgan fingerprint density at radius 1 is 0.800 bits per heavy atom. The number of ether oxygens (including phenoxy) is 5. The van der Waals surface area contributed by atoms with E-state index in [0.29, 0.717) is 30.3 Å². The van der Waals surface area contributed by atoms with Gasteiger partial charge in [0.25, 0.3) is 5.91 Å². The molecule has 0 aliphatic heterocycles. The van der Waals surface area contributed by atoms with Crippen LogP contribution in [0.15, 0.2) is 30.3 Å². The Morgan fingerprint density at radius 2 is 1.47 bits per heavy atom. The van der Waals surface area contributed by atoms with E-state index in [-0.39, 0.29) is 23.5 Å². The summed E-state index contributed by atoms with van der Waals surface area (Å²) in [6.45, 7) is 9.61. The van der Waals surface area contributed by atoms with Crippen molar-refractivity contribution in [1.82, 2.24) is 10.6 Å². The summed E-state index contributed by atoms with van der Waals surface area (Å²) in [7, 11) is 0. The van der Waals surface area contributed by atoms with Crippen LogP contribution in [0.1, 0.15) is 126 Å². The molecule has 0 heterocycles. The van der Waals surface area contributed by atoms with E-state index in [4.69, 9.17) is 29.4 Å². The van der Waals surface area contributed by atoms with Crippen LogP contribution < -0.4 is 30.6 Å². The fraction of sp³-hybridized carbons (Fsp3) is 0.585. The Kier molecular flexibility index (Phi) is 14.8. The first-order valence-corrected chi connectivity index (χ1v) is 19.1. The summed E-state index contributed by atoms with van der Waals surface area (Å²) in [4.78, 5) is 63.7. The van der Waals surface area contributed by atoms with Crippen molar-refractivity contribution in [3.63, 3.8) is 0 Å². The molecule has 14 heteroatoms. The van der Waals surface area contributed by atoms with Gasteiger partial charge >= 0.3 is 18.0 Å². The van der Waals surface area contributed by atoms with E-state index in [9.17, 15) is 29.1 Å². The van der Waals surface area contributed by atoms with Gasteiger partial charge in [-0.15, -0.1) is 0 Å². The maximum atomic E-state index is 14.2. The Hall–Kier alpha value is -5.01. The van der Waals surface area contributed by atoms with Crippen molar-refractivity contribution in [3.8, 4) is 17.2 Å². The first-order chi connectivity index (χ1) is 25.9. The standard InChI is InChI=1S/C41H57N3O11/c1-40(2,3)54-36(47)24-53-34-19-26(16-17-32(34)52-23-35(45)46)18-31(44-39(50)55-41(4,5)6)38(49)43-30-15-11-10-14-27-20-33(29(37(42)48)21-28(27)30)51-22-25-12-8-7-9-13-25/h16-17,19-21,25,30-31H,7-15,18,22-24H2,1-6H3,(H2,42,48)(H,43,49)(H,44,50)(H,45,46)/t30-,31-/m0/s1. The van der Waals surface area contributed by atoms with Crippen LogP contribution in [0, 0.1) is 5.92 Å². The van der Waals surface area contributed by atoms with Crippen LogP contribution in [0.4, 0.5) is 4.79 Å². The van der Waals surface area contributed by atoms with E-state index in [0.717, 1.165) is 43.2 Å². The van der Waals surface area contributed by atoms with Crippen LogP contribution in [0.3, 0.4) is 0 Å². The molecule has 2 aliphatic rings. The van der Waals surface area contributed by atoms with E-state index in [2.05, 4.69) is 10.6 Å². The molecule has 2 atom stereocenters.